The summed E-state index contributed by atoms with van der Waals surface area (Å²) in [6.07, 6.45) is 0.852. The molecule has 0 aromatic heterocycles. The van der Waals surface area contributed by atoms with Gasteiger partial charge in [0.1, 0.15) is 5.82 Å². The fourth-order valence-corrected chi connectivity index (χ4v) is 3.40. The van der Waals surface area contributed by atoms with E-state index < -0.39 is 0 Å². The topological polar surface area (TPSA) is 12.0 Å². The zero-order valence-electron chi connectivity index (χ0n) is 12.6. The van der Waals surface area contributed by atoms with Gasteiger partial charge in [-0.1, -0.05) is 36.8 Å². The fraction of sp³-hybridized carbons (Fsp3) is 0.333. The number of aryl methyl sites for hydroxylation is 1. The third kappa shape index (κ3) is 5.52. The minimum atomic E-state index is -0.158. The first kappa shape index (κ1) is 16.1. The van der Waals surface area contributed by atoms with E-state index in [2.05, 4.69) is 43.4 Å². The molecule has 0 amide bonds. The molecule has 0 spiro atoms. The molecule has 0 saturated heterocycles. The Balaban J connectivity index is 1.95. The highest BCUT2D eigenvalue weighted by Gasteiger charge is 2.10. The molecule has 21 heavy (non-hydrogen) atoms. The van der Waals surface area contributed by atoms with E-state index in [4.69, 9.17) is 0 Å². The van der Waals surface area contributed by atoms with Gasteiger partial charge in [0.05, 0.1) is 0 Å². The summed E-state index contributed by atoms with van der Waals surface area (Å²) in [5.74, 6) is 0.822. The highest BCUT2D eigenvalue weighted by Crippen LogP contribution is 2.21. The van der Waals surface area contributed by atoms with Crippen molar-refractivity contribution < 1.29 is 4.39 Å². The molecular formula is C18H22FNS. The summed E-state index contributed by atoms with van der Waals surface area (Å²) in [6.45, 7) is 5.14. The van der Waals surface area contributed by atoms with Crippen molar-refractivity contribution in [1.82, 2.24) is 5.32 Å². The van der Waals surface area contributed by atoms with Crippen LogP contribution in [0.15, 0.2) is 53.4 Å². The van der Waals surface area contributed by atoms with Gasteiger partial charge in [0, 0.05) is 16.7 Å². The first-order chi connectivity index (χ1) is 10.2. The maximum Gasteiger partial charge on any atom is 0.123 e. The van der Waals surface area contributed by atoms with Crippen molar-refractivity contribution in [2.75, 3.05) is 12.3 Å². The average molecular weight is 303 g/mol. The van der Waals surface area contributed by atoms with Crippen molar-refractivity contribution in [2.45, 2.75) is 31.2 Å². The molecule has 0 radical (unpaired) electrons. The molecule has 1 atom stereocenters. The van der Waals surface area contributed by atoms with Crippen molar-refractivity contribution in [3.05, 3.63) is 65.5 Å². The molecule has 0 aliphatic rings. The Hall–Kier alpha value is -1.32. The molecular weight excluding hydrogens is 281 g/mol. The zero-order valence-corrected chi connectivity index (χ0v) is 13.4. The van der Waals surface area contributed by atoms with Crippen LogP contribution < -0.4 is 5.32 Å². The zero-order chi connectivity index (χ0) is 15.1. The van der Waals surface area contributed by atoms with Crippen LogP contribution >= 0.6 is 11.8 Å². The number of halogens is 1. The summed E-state index contributed by atoms with van der Waals surface area (Å²) in [6, 6.07) is 15.8. The molecule has 1 nitrogen and oxygen atoms in total. The molecule has 0 aliphatic carbocycles. The third-order valence-corrected chi connectivity index (χ3v) is 4.46. The van der Waals surface area contributed by atoms with E-state index in [9.17, 15) is 4.39 Å². The molecule has 0 bridgehead atoms. The molecule has 2 aromatic carbocycles. The third-order valence-electron chi connectivity index (χ3n) is 3.30. The normalized spacial score (nSPS) is 12.3. The van der Waals surface area contributed by atoms with Crippen LogP contribution in [0.5, 0.6) is 0 Å². The fourth-order valence-electron chi connectivity index (χ4n) is 2.33. The molecule has 1 unspecified atom stereocenters. The van der Waals surface area contributed by atoms with Crippen molar-refractivity contribution in [2.24, 2.45) is 0 Å². The first-order valence-corrected chi connectivity index (χ1v) is 8.33. The van der Waals surface area contributed by atoms with E-state index >= 15 is 0 Å². The maximum atomic E-state index is 13.3. The number of hydrogen-bond acceptors (Lipinski definition) is 2. The van der Waals surface area contributed by atoms with Crippen molar-refractivity contribution in [3.8, 4) is 0 Å². The summed E-state index contributed by atoms with van der Waals surface area (Å²) < 4.78 is 13.3. The Kier molecular flexibility index (Phi) is 6.27. The second-order valence-electron chi connectivity index (χ2n) is 5.22. The van der Waals surface area contributed by atoms with E-state index in [1.165, 1.54) is 16.5 Å². The van der Waals surface area contributed by atoms with E-state index in [1.807, 2.05) is 17.8 Å². The van der Waals surface area contributed by atoms with Crippen molar-refractivity contribution in [1.29, 1.82) is 0 Å². The summed E-state index contributed by atoms with van der Waals surface area (Å²) in [4.78, 5) is 1.29. The minimum Gasteiger partial charge on any atom is -0.313 e. The van der Waals surface area contributed by atoms with Gasteiger partial charge in [-0.05, 0) is 49.7 Å². The standard InChI is InChI=1S/C18H22FNS/c1-3-20-17(12-15-7-5-8-16(19)11-15)13-21-18-9-4-6-14(2)10-18/h4-11,17,20H,3,12-13H2,1-2H3. The second kappa shape index (κ2) is 8.20. The van der Waals surface area contributed by atoms with Gasteiger partial charge in [-0.2, -0.15) is 0 Å². The number of rotatable bonds is 7. The highest BCUT2D eigenvalue weighted by atomic mass is 32.2. The minimum absolute atomic E-state index is 0.158. The van der Waals surface area contributed by atoms with Crippen molar-refractivity contribution >= 4 is 11.8 Å². The average Bonchev–Trinajstić information content (AvgIpc) is 2.45. The highest BCUT2D eigenvalue weighted by molar-refractivity contribution is 7.99. The van der Waals surface area contributed by atoms with Gasteiger partial charge in [-0.15, -0.1) is 11.8 Å². The van der Waals surface area contributed by atoms with Crippen LogP contribution in [0.3, 0.4) is 0 Å². The van der Waals surface area contributed by atoms with Gasteiger partial charge in [0.25, 0.3) is 0 Å². The van der Waals surface area contributed by atoms with Crippen LogP contribution in [0.25, 0.3) is 0 Å². The van der Waals surface area contributed by atoms with Gasteiger partial charge >= 0.3 is 0 Å². The van der Waals surface area contributed by atoms with Gasteiger partial charge in [-0.25, -0.2) is 4.39 Å². The smallest absolute Gasteiger partial charge is 0.123 e. The SMILES string of the molecule is CCNC(CSc1cccc(C)c1)Cc1cccc(F)c1. The maximum absolute atomic E-state index is 13.3. The van der Waals surface area contributed by atoms with Crippen molar-refractivity contribution in [3.63, 3.8) is 0 Å². The van der Waals surface area contributed by atoms with E-state index in [0.717, 1.165) is 24.3 Å². The molecule has 0 fully saturated rings. The van der Waals surface area contributed by atoms with Gasteiger partial charge in [0.15, 0.2) is 0 Å². The predicted molar refractivity (Wildman–Crippen MR) is 89.5 cm³/mol. The lowest BCUT2D eigenvalue weighted by Gasteiger charge is -2.18. The Morgan fingerprint density at radius 2 is 1.95 bits per heavy atom. The lowest BCUT2D eigenvalue weighted by molar-refractivity contribution is 0.568. The van der Waals surface area contributed by atoms with E-state index in [0.29, 0.717) is 6.04 Å². The van der Waals surface area contributed by atoms with Gasteiger partial charge in [-0.3, -0.25) is 0 Å². The summed E-state index contributed by atoms with van der Waals surface area (Å²) in [5, 5.41) is 3.49. The lowest BCUT2D eigenvalue weighted by atomic mass is 10.1. The number of thioether (sulfide) groups is 1. The Morgan fingerprint density at radius 3 is 2.67 bits per heavy atom. The first-order valence-electron chi connectivity index (χ1n) is 7.34. The van der Waals surface area contributed by atoms with Gasteiger partial charge in [0.2, 0.25) is 0 Å². The monoisotopic (exact) mass is 303 g/mol. The Morgan fingerprint density at radius 1 is 1.14 bits per heavy atom. The quantitative estimate of drug-likeness (QED) is 0.759. The number of nitrogens with one attached hydrogen (secondary N) is 1. The van der Waals surface area contributed by atoms with Crippen LogP contribution in [-0.2, 0) is 6.42 Å². The van der Waals surface area contributed by atoms with Crippen LogP contribution in [0.4, 0.5) is 4.39 Å². The predicted octanol–water partition coefficient (Wildman–Crippen LogP) is 4.45. The summed E-state index contributed by atoms with van der Waals surface area (Å²) in [5.41, 5.74) is 2.33. The number of benzene rings is 2. The lowest BCUT2D eigenvalue weighted by Crippen LogP contribution is -2.33. The largest absolute Gasteiger partial charge is 0.313 e. The molecule has 0 saturated carbocycles. The molecule has 2 rings (SSSR count). The van der Waals surface area contributed by atoms with Crippen LogP contribution in [0.2, 0.25) is 0 Å². The molecule has 2 aromatic rings. The Labute approximate surface area is 131 Å². The molecule has 3 heteroatoms. The van der Waals surface area contributed by atoms with E-state index in [1.54, 1.807) is 12.1 Å². The molecule has 1 N–H and O–H groups in total. The second-order valence-corrected chi connectivity index (χ2v) is 6.31. The Bertz CT molecular complexity index is 571. The van der Waals surface area contributed by atoms with Crippen LogP contribution in [0, 0.1) is 12.7 Å². The summed E-state index contributed by atoms with van der Waals surface area (Å²) in [7, 11) is 0. The number of hydrogen-bond donors (Lipinski definition) is 1. The number of likely N-dealkylation sites (N-methyl/N-ethyl adjacent to an activating group) is 1. The van der Waals surface area contributed by atoms with Gasteiger partial charge < -0.3 is 5.32 Å². The van der Waals surface area contributed by atoms with E-state index in [-0.39, 0.29) is 5.82 Å². The molecule has 112 valence electrons. The summed E-state index contributed by atoms with van der Waals surface area (Å²) >= 11 is 1.85. The molecule has 0 aliphatic heterocycles. The molecule has 0 heterocycles. The van der Waals surface area contributed by atoms with Crippen LogP contribution in [-0.4, -0.2) is 18.3 Å². The van der Waals surface area contributed by atoms with Crippen LogP contribution in [0.1, 0.15) is 18.1 Å².